The fourth-order valence-electron chi connectivity index (χ4n) is 4.15. The van der Waals surface area contributed by atoms with Crippen LogP contribution in [0.15, 0.2) is 54.6 Å². The smallest absolute Gasteiger partial charge is 0.254 e. The summed E-state index contributed by atoms with van der Waals surface area (Å²) in [6, 6.07) is 17.2. The predicted molar refractivity (Wildman–Crippen MR) is 107 cm³/mol. The standard InChI is InChI=1S/C23H26N2O3/c1-17-22(26)24-13-6-10-20(24)16-25(17)23(27)19-9-5-11-21(15-19)28-14-12-18-7-3-2-4-8-18/h2-5,7-9,11,15,17,20H,6,10,12-14,16H2,1H3/t17-,20+/m0/s1. The molecule has 4 rings (SSSR count). The van der Waals surface area contributed by atoms with Crippen molar-refractivity contribution in [2.45, 2.75) is 38.3 Å². The molecule has 146 valence electrons. The van der Waals surface area contributed by atoms with Crippen molar-refractivity contribution in [1.29, 1.82) is 0 Å². The van der Waals surface area contributed by atoms with Gasteiger partial charge in [0, 0.05) is 31.1 Å². The molecule has 5 nitrogen and oxygen atoms in total. The van der Waals surface area contributed by atoms with E-state index in [1.54, 1.807) is 17.0 Å². The highest BCUT2D eigenvalue weighted by molar-refractivity contribution is 5.98. The van der Waals surface area contributed by atoms with Gasteiger partial charge in [-0.2, -0.15) is 0 Å². The number of carbonyl (C=O) groups excluding carboxylic acids is 2. The van der Waals surface area contributed by atoms with E-state index in [1.165, 1.54) is 5.56 Å². The summed E-state index contributed by atoms with van der Waals surface area (Å²) in [5.74, 6) is 0.651. The Bertz CT molecular complexity index is 852. The summed E-state index contributed by atoms with van der Waals surface area (Å²) in [7, 11) is 0. The number of hydrogen-bond acceptors (Lipinski definition) is 3. The van der Waals surface area contributed by atoms with E-state index < -0.39 is 6.04 Å². The first kappa shape index (κ1) is 18.5. The minimum absolute atomic E-state index is 0.0670. The second kappa shape index (κ2) is 8.05. The molecule has 0 aliphatic carbocycles. The molecular weight excluding hydrogens is 352 g/mol. The van der Waals surface area contributed by atoms with E-state index in [9.17, 15) is 9.59 Å². The molecule has 5 heteroatoms. The van der Waals surface area contributed by atoms with Crippen LogP contribution in [0.25, 0.3) is 0 Å². The number of hydrogen-bond donors (Lipinski definition) is 0. The third-order valence-electron chi connectivity index (χ3n) is 5.74. The van der Waals surface area contributed by atoms with Crippen LogP contribution in [-0.2, 0) is 11.2 Å². The molecule has 2 aromatic rings. The maximum Gasteiger partial charge on any atom is 0.254 e. The molecule has 2 amide bonds. The van der Waals surface area contributed by atoms with Gasteiger partial charge in [-0.1, -0.05) is 36.4 Å². The van der Waals surface area contributed by atoms with Gasteiger partial charge in [0.05, 0.1) is 6.61 Å². The Balaban J connectivity index is 1.42. The predicted octanol–water partition coefficient (Wildman–Crippen LogP) is 3.14. The zero-order valence-electron chi connectivity index (χ0n) is 16.2. The van der Waals surface area contributed by atoms with Crippen molar-refractivity contribution in [2.75, 3.05) is 19.7 Å². The Labute approximate surface area is 165 Å². The lowest BCUT2D eigenvalue weighted by molar-refractivity contribution is -0.141. The highest BCUT2D eigenvalue weighted by Gasteiger charge is 2.42. The van der Waals surface area contributed by atoms with E-state index in [0.717, 1.165) is 25.8 Å². The van der Waals surface area contributed by atoms with E-state index in [2.05, 4.69) is 12.1 Å². The molecule has 0 N–H and O–H groups in total. The lowest BCUT2D eigenvalue weighted by Gasteiger charge is -2.41. The maximum absolute atomic E-state index is 13.1. The minimum Gasteiger partial charge on any atom is -0.493 e. The molecule has 2 saturated heterocycles. The van der Waals surface area contributed by atoms with Crippen LogP contribution in [0.1, 0.15) is 35.7 Å². The number of nitrogens with zero attached hydrogens (tertiary/aromatic N) is 2. The number of fused-ring (bicyclic) bond motifs is 1. The van der Waals surface area contributed by atoms with Crippen molar-refractivity contribution in [3.63, 3.8) is 0 Å². The Morgan fingerprint density at radius 3 is 2.79 bits per heavy atom. The lowest BCUT2D eigenvalue weighted by Crippen LogP contribution is -2.60. The summed E-state index contributed by atoms with van der Waals surface area (Å²) in [4.78, 5) is 29.4. The maximum atomic E-state index is 13.1. The first-order chi connectivity index (χ1) is 13.6. The van der Waals surface area contributed by atoms with E-state index >= 15 is 0 Å². The topological polar surface area (TPSA) is 49.9 Å². The van der Waals surface area contributed by atoms with Crippen LogP contribution in [0, 0.1) is 0 Å². The second-order valence-electron chi connectivity index (χ2n) is 7.57. The van der Waals surface area contributed by atoms with E-state index in [4.69, 9.17) is 4.74 Å². The zero-order valence-corrected chi connectivity index (χ0v) is 16.2. The van der Waals surface area contributed by atoms with Crippen LogP contribution in [0.3, 0.4) is 0 Å². The zero-order chi connectivity index (χ0) is 19.5. The SMILES string of the molecule is C[C@H]1C(=O)N2CCC[C@@H]2CN1C(=O)c1cccc(OCCc2ccccc2)c1. The molecule has 0 aromatic heterocycles. The van der Waals surface area contributed by atoms with Gasteiger partial charge in [0.2, 0.25) is 5.91 Å². The largest absolute Gasteiger partial charge is 0.493 e. The van der Waals surface area contributed by atoms with Gasteiger partial charge < -0.3 is 14.5 Å². The number of benzene rings is 2. The van der Waals surface area contributed by atoms with Crippen molar-refractivity contribution in [3.05, 3.63) is 65.7 Å². The highest BCUT2D eigenvalue weighted by atomic mass is 16.5. The summed E-state index contributed by atoms with van der Waals surface area (Å²) in [6.07, 6.45) is 2.81. The van der Waals surface area contributed by atoms with Crippen LogP contribution in [0.4, 0.5) is 0 Å². The molecule has 0 bridgehead atoms. The molecular formula is C23H26N2O3. The van der Waals surface area contributed by atoms with Crippen molar-refractivity contribution in [1.82, 2.24) is 9.80 Å². The van der Waals surface area contributed by atoms with Crippen molar-refractivity contribution < 1.29 is 14.3 Å². The quantitative estimate of drug-likeness (QED) is 0.803. The number of ether oxygens (including phenoxy) is 1. The fourth-order valence-corrected chi connectivity index (χ4v) is 4.15. The molecule has 2 atom stereocenters. The molecule has 28 heavy (non-hydrogen) atoms. The first-order valence-electron chi connectivity index (χ1n) is 10.0. The lowest BCUT2D eigenvalue weighted by atomic mass is 10.1. The molecule has 0 saturated carbocycles. The van der Waals surface area contributed by atoms with E-state index in [-0.39, 0.29) is 17.9 Å². The normalized spacial score (nSPS) is 21.5. The van der Waals surface area contributed by atoms with Gasteiger partial charge in [-0.3, -0.25) is 9.59 Å². The Kier molecular flexibility index (Phi) is 5.33. The van der Waals surface area contributed by atoms with Crippen LogP contribution in [0.2, 0.25) is 0 Å². The molecule has 2 fully saturated rings. The molecule has 0 spiro atoms. The molecule has 2 heterocycles. The highest BCUT2D eigenvalue weighted by Crippen LogP contribution is 2.27. The molecule has 2 aliphatic heterocycles. The first-order valence-corrected chi connectivity index (χ1v) is 10.0. The van der Waals surface area contributed by atoms with Crippen molar-refractivity contribution in [2.24, 2.45) is 0 Å². The summed E-state index contributed by atoms with van der Waals surface area (Å²) in [5, 5.41) is 0. The Hall–Kier alpha value is -2.82. The van der Waals surface area contributed by atoms with Gasteiger partial charge in [-0.15, -0.1) is 0 Å². The van der Waals surface area contributed by atoms with E-state index in [1.807, 2.05) is 42.2 Å². The third kappa shape index (κ3) is 3.75. The van der Waals surface area contributed by atoms with Crippen LogP contribution < -0.4 is 4.74 Å². The average molecular weight is 378 g/mol. The van der Waals surface area contributed by atoms with Crippen LogP contribution >= 0.6 is 0 Å². The average Bonchev–Trinajstić information content (AvgIpc) is 3.20. The van der Waals surface area contributed by atoms with E-state index in [0.29, 0.717) is 24.5 Å². The summed E-state index contributed by atoms with van der Waals surface area (Å²) >= 11 is 0. The molecule has 0 unspecified atom stereocenters. The Morgan fingerprint density at radius 2 is 1.96 bits per heavy atom. The van der Waals surface area contributed by atoms with Crippen LogP contribution in [0.5, 0.6) is 5.75 Å². The monoisotopic (exact) mass is 378 g/mol. The van der Waals surface area contributed by atoms with Gasteiger partial charge >= 0.3 is 0 Å². The summed E-state index contributed by atoms with van der Waals surface area (Å²) in [5.41, 5.74) is 1.79. The number of amides is 2. The van der Waals surface area contributed by atoms with Gasteiger partial charge in [0.15, 0.2) is 0 Å². The molecule has 0 radical (unpaired) electrons. The van der Waals surface area contributed by atoms with Crippen molar-refractivity contribution >= 4 is 11.8 Å². The summed E-state index contributed by atoms with van der Waals surface area (Å²) in [6.45, 7) is 3.82. The second-order valence-corrected chi connectivity index (χ2v) is 7.57. The minimum atomic E-state index is -0.412. The molecule has 2 aromatic carbocycles. The van der Waals surface area contributed by atoms with Crippen LogP contribution in [-0.4, -0.2) is 53.4 Å². The third-order valence-corrected chi connectivity index (χ3v) is 5.74. The van der Waals surface area contributed by atoms with Crippen molar-refractivity contribution in [3.8, 4) is 5.75 Å². The summed E-state index contributed by atoms with van der Waals surface area (Å²) < 4.78 is 5.86. The van der Waals surface area contributed by atoms with Gasteiger partial charge in [0.1, 0.15) is 11.8 Å². The Morgan fingerprint density at radius 1 is 1.14 bits per heavy atom. The number of piperazine rings is 1. The van der Waals surface area contributed by atoms with Gasteiger partial charge in [-0.25, -0.2) is 0 Å². The molecule has 2 aliphatic rings. The van der Waals surface area contributed by atoms with Gasteiger partial charge in [-0.05, 0) is 43.5 Å². The van der Waals surface area contributed by atoms with Gasteiger partial charge in [0.25, 0.3) is 5.91 Å². The number of rotatable bonds is 5. The fraction of sp³-hybridized carbons (Fsp3) is 0.391. The number of carbonyl (C=O) groups is 2.